The minimum absolute atomic E-state index is 0.0295. The Bertz CT molecular complexity index is 870. The first kappa shape index (κ1) is 18.2. The van der Waals surface area contributed by atoms with E-state index >= 15 is 0 Å². The Hall–Kier alpha value is -1.64. The van der Waals surface area contributed by atoms with Crippen LogP contribution in [-0.2, 0) is 19.4 Å². The van der Waals surface area contributed by atoms with Crippen molar-refractivity contribution in [3.63, 3.8) is 0 Å². The van der Waals surface area contributed by atoms with Crippen molar-refractivity contribution in [3.05, 3.63) is 28.2 Å². The van der Waals surface area contributed by atoms with Gasteiger partial charge in [-0.1, -0.05) is 23.2 Å². The van der Waals surface area contributed by atoms with Crippen LogP contribution in [0.25, 0.3) is 0 Å². The SMILES string of the molecule is O=C(Nc1ccc(Cl)c(Cl)c1)C1=NN(C2CCS(=O)(=O)C2)C(=O)CC1. The molecule has 3 rings (SSSR count). The van der Waals surface area contributed by atoms with E-state index in [1.807, 2.05) is 0 Å². The van der Waals surface area contributed by atoms with Crippen molar-refractivity contribution in [3.8, 4) is 0 Å². The first-order chi connectivity index (χ1) is 11.7. The van der Waals surface area contributed by atoms with Crippen LogP contribution < -0.4 is 5.32 Å². The van der Waals surface area contributed by atoms with Gasteiger partial charge in [-0.2, -0.15) is 5.10 Å². The summed E-state index contributed by atoms with van der Waals surface area (Å²) in [5, 5.41) is 8.59. The van der Waals surface area contributed by atoms with Gasteiger partial charge in [-0.25, -0.2) is 13.4 Å². The molecule has 0 saturated carbocycles. The van der Waals surface area contributed by atoms with Crippen LogP contribution in [0.2, 0.25) is 10.0 Å². The zero-order valence-electron chi connectivity index (χ0n) is 13.0. The molecule has 1 aromatic carbocycles. The van der Waals surface area contributed by atoms with Crippen LogP contribution >= 0.6 is 23.2 Å². The molecule has 25 heavy (non-hydrogen) atoms. The van der Waals surface area contributed by atoms with E-state index in [4.69, 9.17) is 23.2 Å². The number of anilines is 1. The topological polar surface area (TPSA) is 95.9 Å². The summed E-state index contributed by atoms with van der Waals surface area (Å²) >= 11 is 11.8. The van der Waals surface area contributed by atoms with E-state index in [9.17, 15) is 18.0 Å². The van der Waals surface area contributed by atoms with E-state index in [1.165, 1.54) is 6.07 Å². The van der Waals surface area contributed by atoms with E-state index in [0.29, 0.717) is 22.2 Å². The molecule has 0 aromatic heterocycles. The number of sulfone groups is 1. The molecule has 1 N–H and O–H groups in total. The minimum atomic E-state index is -3.15. The summed E-state index contributed by atoms with van der Waals surface area (Å²) in [5.41, 5.74) is 0.629. The molecule has 2 amide bonds. The molecule has 7 nitrogen and oxygen atoms in total. The number of carbonyl (C=O) groups excluding carboxylic acids is 2. The van der Waals surface area contributed by atoms with Crippen LogP contribution in [0, 0.1) is 0 Å². The lowest BCUT2D eigenvalue weighted by Gasteiger charge is -2.27. The summed E-state index contributed by atoms with van der Waals surface area (Å²) in [6.07, 6.45) is 0.644. The molecule has 1 fully saturated rings. The summed E-state index contributed by atoms with van der Waals surface area (Å²) in [6.45, 7) is 0. The maximum Gasteiger partial charge on any atom is 0.271 e. The number of nitrogens with one attached hydrogen (secondary N) is 1. The number of rotatable bonds is 3. The summed E-state index contributed by atoms with van der Waals surface area (Å²) < 4.78 is 23.2. The normalized spacial score (nSPS) is 22.6. The van der Waals surface area contributed by atoms with Crippen molar-refractivity contribution in [1.82, 2.24) is 5.01 Å². The number of amides is 2. The van der Waals surface area contributed by atoms with Crippen LogP contribution in [0.4, 0.5) is 5.69 Å². The number of halogens is 2. The number of hydrogen-bond acceptors (Lipinski definition) is 5. The average molecular weight is 404 g/mol. The molecule has 1 unspecified atom stereocenters. The van der Waals surface area contributed by atoms with Gasteiger partial charge < -0.3 is 5.32 Å². The molecule has 2 aliphatic rings. The fourth-order valence-corrected chi connectivity index (χ4v) is 4.76. The second-order valence-electron chi connectivity index (χ2n) is 5.92. The summed E-state index contributed by atoms with van der Waals surface area (Å²) in [4.78, 5) is 24.4. The van der Waals surface area contributed by atoms with E-state index in [1.54, 1.807) is 12.1 Å². The van der Waals surface area contributed by atoms with Crippen LogP contribution in [0.15, 0.2) is 23.3 Å². The molecule has 1 atom stereocenters. The van der Waals surface area contributed by atoms with Gasteiger partial charge >= 0.3 is 0 Å². The Labute approximate surface area is 154 Å². The molecular weight excluding hydrogens is 389 g/mol. The van der Waals surface area contributed by atoms with Crippen molar-refractivity contribution in [2.75, 3.05) is 16.8 Å². The third kappa shape index (κ3) is 4.13. The molecule has 2 heterocycles. The number of nitrogens with zero attached hydrogens (tertiary/aromatic N) is 2. The van der Waals surface area contributed by atoms with Crippen molar-refractivity contribution < 1.29 is 18.0 Å². The predicted octanol–water partition coefficient (Wildman–Crippen LogP) is 2.10. The molecule has 1 aromatic rings. The van der Waals surface area contributed by atoms with Crippen molar-refractivity contribution >= 4 is 56.3 Å². The average Bonchev–Trinajstić information content (AvgIpc) is 2.91. The highest BCUT2D eigenvalue weighted by molar-refractivity contribution is 7.91. The summed E-state index contributed by atoms with van der Waals surface area (Å²) in [6, 6.07) is 4.16. The van der Waals surface area contributed by atoms with Crippen molar-refractivity contribution in [1.29, 1.82) is 0 Å². The first-order valence-electron chi connectivity index (χ1n) is 7.61. The predicted molar refractivity (Wildman–Crippen MR) is 95.7 cm³/mol. The molecule has 0 bridgehead atoms. The number of hydrazone groups is 1. The molecule has 10 heteroatoms. The van der Waals surface area contributed by atoms with E-state index in [0.717, 1.165) is 5.01 Å². The Morgan fingerprint density at radius 2 is 2.00 bits per heavy atom. The maximum atomic E-state index is 12.4. The highest BCUT2D eigenvalue weighted by atomic mass is 35.5. The molecular formula is C15H15Cl2N3O4S. The maximum absolute atomic E-state index is 12.4. The number of hydrogen-bond donors (Lipinski definition) is 1. The van der Waals surface area contributed by atoms with Gasteiger partial charge in [0.15, 0.2) is 9.84 Å². The Kier molecular flexibility index (Phi) is 5.04. The third-order valence-electron chi connectivity index (χ3n) is 4.05. The van der Waals surface area contributed by atoms with Gasteiger partial charge in [-0.3, -0.25) is 9.59 Å². The Balaban J connectivity index is 1.76. The number of benzene rings is 1. The smallest absolute Gasteiger partial charge is 0.271 e. The van der Waals surface area contributed by atoms with E-state index in [2.05, 4.69) is 10.4 Å². The largest absolute Gasteiger partial charge is 0.321 e. The third-order valence-corrected chi connectivity index (χ3v) is 6.54. The highest BCUT2D eigenvalue weighted by Crippen LogP contribution is 2.26. The lowest BCUT2D eigenvalue weighted by atomic mass is 10.1. The quantitative estimate of drug-likeness (QED) is 0.835. The Morgan fingerprint density at radius 1 is 1.24 bits per heavy atom. The molecule has 134 valence electrons. The van der Waals surface area contributed by atoms with Crippen LogP contribution in [0.1, 0.15) is 19.3 Å². The molecule has 0 spiro atoms. The zero-order valence-corrected chi connectivity index (χ0v) is 15.4. The fraction of sp³-hybridized carbons (Fsp3) is 0.400. The first-order valence-corrected chi connectivity index (χ1v) is 10.2. The highest BCUT2D eigenvalue weighted by Gasteiger charge is 2.37. The lowest BCUT2D eigenvalue weighted by Crippen LogP contribution is -2.42. The standard InChI is InChI=1S/C15H15Cl2N3O4S/c16-11-2-1-9(7-12(11)17)18-15(22)13-3-4-14(21)20(19-13)10-5-6-25(23,24)8-10/h1-2,7,10H,3-6,8H2,(H,18,22). The van der Waals surface area contributed by atoms with Crippen LogP contribution in [0.3, 0.4) is 0 Å². The van der Waals surface area contributed by atoms with Gasteiger partial charge in [0, 0.05) is 18.5 Å². The summed E-state index contributed by atoms with van der Waals surface area (Å²) in [5.74, 6) is -0.823. The van der Waals surface area contributed by atoms with Crippen molar-refractivity contribution in [2.24, 2.45) is 5.10 Å². The second-order valence-corrected chi connectivity index (χ2v) is 8.97. The fourth-order valence-electron chi connectivity index (χ4n) is 2.77. The summed E-state index contributed by atoms with van der Waals surface area (Å²) in [7, 11) is -3.15. The minimum Gasteiger partial charge on any atom is -0.321 e. The Morgan fingerprint density at radius 3 is 2.64 bits per heavy atom. The van der Waals surface area contributed by atoms with Gasteiger partial charge in [-0.15, -0.1) is 0 Å². The molecule has 2 aliphatic heterocycles. The molecule has 0 aliphatic carbocycles. The second kappa shape index (κ2) is 6.93. The molecule has 1 saturated heterocycles. The zero-order chi connectivity index (χ0) is 18.2. The van der Waals surface area contributed by atoms with Gasteiger partial charge in [0.1, 0.15) is 5.71 Å². The van der Waals surface area contributed by atoms with Gasteiger partial charge in [0.25, 0.3) is 5.91 Å². The van der Waals surface area contributed by atoms with Gasteiger partial charge in [0.05, 0.1) is 27.6 Å². The van der Waals surface area contributed by atoms with Gasteiger partial charge in [0.2, 0.25) is 5.91 Å². The monoisotopic (exact) mass is 403 g/mol. The lowest BCUT2D eigenvalue weighted by molar-refractivity contribution is -0.133. The van der Waals surface area contributed by atoms with Crippen LogP contribution in [0.5, 0.6) is 0 Å². The van der Waals surface area contributed by atoms with Crippen molar-refractivity contribution in [2.45, 2.75) is 25.3 Å². The van der Waals surface area contributed by atoms with E-state index in [-0.39, 0.29) is 36.0 Å². The van der Waals surface area contributed by atoms with Gasteiger partial charge in [-0.05, 0) is 24.6 Å². The number of carbonyl (C=O) groups is 2. The van der Waals surface area contributed by atoms with Crippen LogP contribution in [-0.4, -0.2) is 48.5 Å². The molecule has 0 radical (unpaired) electrons. The van der Waals surface area contributed by atoms with E-state index < -0.39 is 21.8 Å².